The standard InChI is InChI=1S/C18H12N10/c1-2-6-15(17-21-25-26-22-17)14(5-1)12-9-13(11-19-10-12)28-24-18(23-27-28)16-7-3-4-8-20-16/h1-11H,(H,21,22,25,26). The zero-order chi connectivity index (χ0) is 18.8. The fraction of sp³-hybridized carbons (Fsp3) is 0. The van der Waals surface area contributed by atoms with Crippen molar-refractivity contribution in [2.45, 2.75) is 0 Å². The van der Waals surface area contributed by atoms with Crippen LogP contribution in [0.1, 0.15) is 0 Å². The summed E-state index contributed by atoms with van der Waals surface area (Å²) in [5.74, 6) is 0.954. The van der Waals surface area contributed by atoms with Crippen LogP contribution >= 0.6 is 0 Å². The summed E-state index contributed by atoms with van der Waals surface area (Å²) in [6.45, 7) is 0. The van der Waals surface area contributed by atoms with E-state index < -0.39 is 0 Å². The predicted molar refractivity (Wildman–Crippen MR) is 98.8 cm³/mol. The largest absolute Gasteiger partial charge is 0.262 e. The molecule has 10 nitrogen and oxygen atoms in total. The molecule has 10 heteroatoms. The Bertz CT molecular complexity index is 1210. The molecule has 0 saturated heterocycles. The van der Waals surface area contributed by atoms with E-state index in [1.165, 1.54) is 4.80 Å². The van der Waals surface area contributed by atoms with Gasteiger partial charge in [0, 0.05) is 23.5 Å². The van der Waals surface area contributed by atoms with Gasteiger partial charge in [-0.3, -0.25) is 9.97 Å². The number of benzene rings is 1. The molecular formula is C18H12N10. The van der Waals surface area contributed by atoms with Crippen LogP contribution in [0, 0.1) is 0 Å². The van der Waals surface area contributed by atoms with E-state index in [4.69, 9.17) is 0 Å². The molecule has 1 aromatic carbocycles. The smallest absolute Gasteiger partial charge is 0.223 e. The second-order valence-electron chi connectivity index (χ2n) is 5.83. The molecule has 0 aliphatic heterocycles. The lowest BCUT2D eigenvalue weighted by Gasteiger charge is -2.07. The van der Waals surface area contributed by atoms with Crippen molar-refractivity contribution < 1.29 is 0 Å². The number of rotatable bonds is 4. The van der Waals surface area contributed by atoms with E-state index in [1.807, 2.05) is 48.5 Å². The fourth-order valence-corrected chi connectivity index (χ4v) is 2.81. The van der Waals surface area contributed by atoms with Gasteiger partial charge in [-0.25, -0.2) is 0 Å². The fourth-order valence-electron chi connectivity index (χ4n) is 2.81. The first-order valence-corrected chi connectivity index (χ1v) is 8.38. The van der Waals surface area contributed by atoms with Crippen LogP contribution in [-0.4, -0.2) is 50.8 Å². The number of hydrogen-bond donors (Lipinski definition) is 1. The SMILES string of the molecule is c1ccc(-c2nnn(-c3cncc(-c4ccccc4-c4nn[nH]n4)c3)n2)nc1. The summed E-state index contributed by atoms with van der Waals surface area (Å²) in [5, 5.41) is 26.9. The third-order valence-corrected chi connectivity index (χ3v) is 4.09. The molecule has 134 valence electrons. The number of H-pyrrole nitrogens is 1. The molecule has 5 aromatic rings. The van der Waals surface area contributed by atoms with E-state index in [9.17, 15) is 0 Å². The Morgan fingerprint density at radius 2 is 1.75 bits per heavy atom. The van der Waals surface area contributed by atoms with Crippen molar-refractivity contribution >= 4 is 0 Å². The summed E-state index contributed by atoms with van der Waals surface area (Å²) >= 11 is 0. The first-order valence-electron chi connectivity index (χ1n) is 8.38. The average molecular weight is 368 g/mol. The summed E-state index contributed by atoms with van der Waals surface area (Å²) in [6.07, 6.45) is 5.12. The van der Waals surface area contributed by atoms with Gasteiger partial charge in [-0.1, -0.05) is 30.3 Å². The number of nitrogens with one attached hydrogen (secondary N) is 1. The van der Waals surface area contributed by atoms with Gasteiger partial charge in [-0.15, -0.1) is 25.2 Å². The Morgan fingerprint density at radius 3 is 2.57 bits per heavy atom. The van der Waals surface area contributed by atoms with Crippen molar-refractivity contribution in [3.63, 3.8) is 0 Å². The molecule has 0 saturated carbocycles. The number of nitrogens with zero attached hydrogens (tertiary/aromatic N) is 9. The van der Waals surface area contributed by atoms with Crippen molar-refractivity contribution in [3.8, 4) is 39.7 Å². The van der Waals surface area contributed by atoms with E-state index in [-0.39, 0.29) is 0 Å². The summed E-state index contributed by atoms with van der Waals surface area (Å²) < 4.78 is 0. The van der Waals surface area contributed by atoms with Crippen LogP contribution in [0.4, 0.5) is 0 Å². The highest BCUT2D eigenvalue weighted by Crippen LogP contribution is 2.30. The van der Waals surface area contributed by atoms with Gasteiger partial charge in [0.25, 0.3) is 0 Å². The maximum absolute atomic E-state index is 4.41. The Labute approximate surface area is 158 Å². The molecule has 0 unspecified atom stereocenters. The number of aromatic nitrogens is 10. The van der Waals surface area contributed by atoms with E-state index in [0.717, 1.165) is 16.7 Å². The second kappa shape index (κ2) is 6.76. The van der Waals surface area contributed by atoms with Crippen LogP contribution in [0.25, 0.3) is 39.7 Å². The molecule has 4 aromatic heterocycles. The number of hydrogen-bond acceptors (Lipinski definition) is 8. The molecule has 0 amide bonds. The molecule has 5 rings (SSSR count). The highest BCUT2D eigenvalue weighted by atomic mass is 15.6. The van der Waals surface area contributed by atoms with Gasteiger partial charge < -0.3 is 0 Å². The van der Waals surface area contributed by atoms with Crippen LogP contribution < -0.4 is 0 Å². The number of aromatic amines is 1. The summed E-state index contributed by atoms with van der Waals surface area (Å²) in [4.78, 5) is 10.0. The third-order valence-electron chi connectivity index (χ3n) is 4.09. The van der Waals surface area contributed by atoms with Crippen LogP contribution in [0.15, 0.2) is 67.1 Å². The Hall–Kier alpha value is -4.34. The second-order valence-corrected chi connectivity index (χ2v) is 5.83. The normalized spacial score (nSPS) is 10.9. The Kier molecular flexibility index (Phi) is 3.83. The van der Waals surface area contributed by atoms with Crippen LogP contribution in [0.5, 0.6) is 0 Å². The van der Waals surface area contributed by atoms with Crippen LogP contribution in [0.2, 0.25) is 0 Å². The molecule has 1 N–H and O–H groups in total. The molecule has 0 aliphatic rings. The van der Waals surface area contributed by atoms with Crippen LogP contribution in [0.3, 0.4) is 0 Å². The molecule has 0 aliphatic carbocycles. The summed E-state index contributed by atoms with van der Waals surface area (Å²) in [7, 11) is 0. The molecular weight excluding hydrogens is 356 g/mol. The van der Waals surface area contributed by atoms with E-state index >= 15 is 0 Å². The molecule has 0 fully saturated rings. The molecule has 0 spiro atoms. The highest BCUT2D eigenvalue weighted by molar-refractivity contribution is 5.80. The van der Waals surface area contributed by atoms with E-state index in [2.05, 4.69) is 46.0 Å². The van der Waals surface area contributed by atoms with Gasteiger partial charge in [0.2, 0.25) is 11.6 Å². The molecule has 4 heterocycles. The zero-order valence-electron chi connectivity index (χ0n) is 14.4. The van der Waals surface area contributed by atoms with Crippen molar-refractivity contribution in [1.82, 2.24) is 50.8 Å². The monoisotopic (exact) mass is 368 g/mol. The molecule has 0 bridgehead atoms. The van der Waals surface area contributed by atoms with E-state index in [1.54, 1.807) is 18.6 Å². The average Bonchev–Trinajstić information content (AvgIpc) is 3.47. The van der Waals surface area contributed by atoms with E-state index in [0.29, 0.717) is 23.0 Å². The first kappa shape index (κ1) is 15.9. The summed E-state index contributed by atoms with van der Waals surface area (Å²) in [5.41, 5.74) is 3.96. The van der Waals surface area contributed by atoms with Gasteiger partial charge in [-0.2, -0.15) is 5.21 Å². The van der Waals surface area contributed by atoms with Gasteiger partial charge in [-0.05, 0) is 34.2 Å². The summed E-state index contributed by atoms with van der Waals surface area (Å²) in [6, 6.07) is 15.2. The van der Waals surface area contributed by atoms with Crippen molar-refractivity contribution in [2.24, 2.45) is 0 Å². The quantitative estimate of drug-likeness (QED) is 0.510. The Balaban J connectivity index is 1.55. The predicted octanol–water partition coefficient (Wildman–Crippen LogP) is 1.97. The van der Waals surface area contributed by atoms with Crippen molar-refractivity contribution in [3.05, 3.63) is 67.1 Å². The minimum atomic E-state index is 0.443. The van der Waals surface area contributed by atoms with Gasteiger partial charge in [0.15, 0.2) is 0 Å². The maximum Gasteiger partial charge on any atom is 0.223 e. The van der Waals surface area contributed by atoms with Crippen LogP contribution in [-0.2, 0) is 0 Å². The topological polar surface area (TPSA) is 124 Å². The number of tetrazole rings is 2. The van der Waals surface area contributed by atoms with Gasteiger partial charge in [0.05, 0.1) is 6.20 Å². The maximum atomic E-state index is 4.41. The van der Waals surface area contributed by atoms with Crippen molar-refractivity contribution in [2.75, 3.05) is 0 Å². The lowest BCUT2D eigenvalue weighted by molar-refractivity contribution is 0.717. The van der Waals surface area contributed by atoms with Crippen molar-refractivity contribution in [1.29, 1.82) is 0 Å². The van der Waals surface area contributed by atoms with Gasteiger partial charge >= 0.3 is 0 Å². The molecule has 28 heavy (non-hydrogen) atoms. The lowest BCUT2D eigenvalue weighted by Crippen LogP contribution is -2.00. The molecule has 0 radical (unpaired) electrons. The first-order chi connectivity index (χ1) is 13.9. The Morgan fingerprint density at radius 1 is 0.857 bits per heavy atom. The lowest BCUT2D eigenvalue weighted by atomic mass is 10.0. The highest BCUT2D eigenvalue weighted by Gasteiger charge is 2.13. The minimum absolute atomic E-state index is 0.443. The molecule has 0 atom stereocenters. The minimum Gasteiger partial charge on any atom is -0.262 e. The zero-order valence-corrected chi connectivity index (χ0v) is 14.4. The van der Waals surface area contributed by atoms with Gasteiger partial charge in [0.1, 0.15) is 11.4 Å². The number of pyridine rings is 2. The third kappa shape index (κ3) is 2.88.